The Labute approximate surface area is 973 Å². The Morgan fingerprint density at radius 1 is 0.433 bits per heavy atom. The van der Waals surface area contributed by atoms with Crippen LogP contribution in [0.4, 0.5) is 5.69 Å². The van der Waals surface area contributed by atoms with Crippen molar-refractivity contribution in [2.24, 2.45) is 0 Å². The summed E-state index contributed by atoms with van der Waals surface area (Å²) in [6, 6.07) is 34.7. The molecule has 0 spiro atoms. The molecule has 0 atom stereocenters. The molecule has 0 radical (unpaired) electrons. The van der Waals surface area contributed by atoms with Crippen LogP contribution in [0.2, 0.25) is 0 Å². The Balaban J connectivity index is 0. The van der Waals surface area contributed by atoms with Gasteiger partial charge in [0.25, 0.3) is 5.24 Å². The number of carboxylic acid groups (broad SMARTS) is 1. The molecule has 5 aromatic heterocycles. The summed E-state index contributed by atoms with van der Waals surface area (Å²) < 4.78 is 59.4. The molecule has 6 heterocycles. The van der Waals surface area contributed by atoms with Gasteiger partial charge in [0.05, 0.1) is 52.6 Å². The van der Waals surface area contributed by atoms with Crippen LogP contribution in [0.5, 0.6) is 17.8 Å². The Morgan fingerprint density at radius 2 is 0.693 bits per heavy atom. The van der Waals surface area contributed by atoms with E-state index < -0.39 is 55.0 Å². The number of methoxy groups -OCH3 is 5. The quantitative estimate of drug-likeness (QED) is 0.0238. The van der Waals surface area contributed by atoms with Crippen LogP contribution in [-0.4, -0.2) is 139 Å². The first kappa shape index (κ1) is 147. The van der Waals surface area contributed by atoms with Gasteiger partial charge in [-0.2, -0.15) is 9.97 Å². The van der Waals surface area contributed by atoms with E-state index in [4.69, 9.17) is 133 Å². The van der Waals surface area contributed by atoms with Crippen LogP contribution in [0.15, 0.2) is 121 Å². The minimum absolute atomic E-state index is 0. The zero-order valence-corrected chi connectivity index (χ0v) is 105. The molecule has 4 aliphatic carbocycles. The van der Waals surface area contributed by atoms with Crippen LogP contribution in [0.25, 0.3) is 0 Å². The minimum atomic E-state index is -1.72. The molecule has 35 heteroatoms. The number of furan rings is 4. The van der Waals surface area contributed by atoms with Crippen molar-refractivity contribution in [1.82, 2.24) is 9.97 Å². The number of halogens is 10. The molecule has 0 bridgehead atoms. The molecule has 6 N–H and O–H groups in total. The van der Waals surface area contributed by atoms with E-state index in [1.165, 1.54) is 184 Å². The molecule has 0 amide bonds. The largest absolute Gasteiger partial charge is 1.00 e. The molecular weight excluding hydrogens is 2160 g/mol. The first-order valence-corrected chi connectivity index (χ1v) is 58.7. The average Bonchev–Trinajstić information content (AvgIpc) is 0.920. The van der Waals surface area contributed by atoms with Crippen molar-refractivity contribution in [3.05, 3.63) is 233 Å². The third-order valence-electron chi connectivity index (χ3n) is 26.9. The van der Waals surface area contributed by atoms with Crippen LogP contribution >= 0.6 is 110 Å². The van der Waals surface area contributed by atoms with Gasteiger partial charge < -0.3 is 72.6 Å². The van der Waals surface area contributed by atoms with Crippen molar-refractivity contribution in [2.75, 3.05) is 54.5 Å². The Morgan fingerprint density at radius 3 is 0.927 bits per heavy atom. The predicted octanol–water partition coefficient (Wildman–Crippen LogP) is 29.8. The molecule has 9 aromatic rings. The van der Waals surface area contributed by atoms with E-state index in [9.17, 15) is 29.4 Å². The summed E-state index contributed by atoms with van der Waals surface area (Å²) in [7, 11) is 29.2. The summed E-state index contributed by atoms with van der Waals surface area (Å²) >= 11 is 21.2. The van der Waals surface area contributed by atoms with E-state index >= 15 is 0 Å². The number of nitrogens with two attached hydrogens (primary N) is 1. The maximum Gasteiger partial charge on any atom is 1.00 e. The SMILES string of the molecule is C.C.C1CCOC1.CC(C)(Cl)CCC(C)(C)Cl.CC(C)(O)CCC(C)(C)O.COC(=O)c1ccc(CCl)o1.COC(=O)c1ccc(Cc2cc3c(cc2C)C(C)(C)CCC3(C)C)o1.COc1nc(OC)c(N)c(OC)n1.Cc1cc2c(cc1Cc1ccc(C(=O)Cl)o1)C(C)(C)CCC2(C)C.Cc1cc2c(cc1Cc1ccc(C(=O)O)o1)C(C)(C)CCC2(C)C.Cc1ccc2c(c1)C(C)(C)CCC2(C)C.Cl.O=S(Cl)Cl.[Cl][Al]([Cl])[Cl].[Na+].[OH-]. The van der Waals surface area contributed by atoms with Gasteiger partial charge in [-0.25, -0.2) is 48.7 Å². The first-order valence-electron chi connectivity index (χ1n) is 49.0. The number of fused-ring (bicyclic) bond motifs is 4. The summed E-state index contributed by atoms with van der Waals surface area (Å²) in [6.07, 6.45) is 17.6. The van der Waals surface area contributed by atoms with Crippen LogP contribution < -0.4 is 49.5 Å². The van der Waals surface area contributed by atoms with Crippen LogP contribution in [-0.2, 0) is 91.9 Å². The topological polar surface area (TPSA) is 336 Å². The fourth-order valence-electron chi connectivity index (χ4n) is 17.2. The van der Waals surface area contributed by atoms with Gasteiger partial charge in [0, 0.05) is 63.6 Å². The summed E-state index contributed by atoms with van der Waals surface area (Å²) in [5, 5.41) is 27.0. The fourth-order valence-corrected chi connectivity index (χ4v) is 17.6. The fraction of sp³-hybridized carbons (Fsp3) is 0.583. The number of nitrogen functional groups attached to an aromatic ring is 1. The molecule has 0 saturated carbocycles. The van der Waals surface area contributed by atoms with Crippen LogP contribution in [0.3, 0.4) is 0 Å². The van der Waals surface area contributed by atoms with Gasteiger partial charge in [-0.15, -0.1) is 47.2 Å². The predicted molar refractivity (Wildman–Crippen MR) is 621 cm³/mol. The van der Waals surface area contributed by atoms with Crippen molar-refractivity contribution >= 4 is 160 Å². The Hall–Kier alpha value is -5.22. The number of ether oxygens (including phenoxy) is 6. The summed E-state index contributed by atoms with van der Waals surface area (Å²) in [5.74, 6) is 2.28. The molecule has 840 valence electrons. The molecule has 4 aromatic carbocycles. The third kappa shape index (κ3) is 48.7. The van der Waals surface area contributed by atoms with Crippen molar-refractivity contribution in [3.63, 3.8) is 0 Å². The number of benzene rings is 4. The maximum atomic E-state index is 11.6. The van der Waals surface area contributed by atoms with Gasteiger partial charge in [0.15, 0.2) is 11.4 Å². The van der Waals surface area contributed by atoms with Crippen molar-refractivity contribution < 1.29 is 120 Å². The number of aromatic nitrogens is 2. The minimum Gasteiger partial charge on any atom is -0.870 e. The number of alkyl halides is 3. The molecule has 1 fully saturated rings. The third-order valence-corrected chi connectivity index (χ3v) is 27.7. The normalized spacial score (nSPS) is 15.6. The average molecular weight is 2340 g/mol. The number of aromatic carboxylic acids is 1. The van der Waals surface area contributed by atoms with E-state index in [2.05, 4.69) is 229 Å². The van der Waals surface area contributed by atoms with Crippen LogP contribution in [0.1, 0.15) is 420 Å². The molecule has 0 unspecified atom stereocenters. The zero-order chi connectivity index (χ0) is 111. The number of esters is 2. The molecule has 1 saturated heterocycles. The summed E-state index contributed by atoms with van der Waals surface area (Å²) in [5.41, 5.74) is 27.2. The van der Waals surface area contributed by atoms with E-state index in [-0.39, 0.29) is 157 Å². The number of carboxylic acids is 1. The van der Waals surface area contributed by atoms with Crippen molar-refractivity contribution in [1.29, 1.82) is 0 Å². The second-order valence-corrected chi connectivity index (χ2v) is 57.0. The Bertz CT molecular complexity index is 5480. The van der Waals surface area contributed by atoms with Gasteiger partial charge in [0.2, 0.25) is 38.3 Å². The molecular formula is C115H171AlCl10N3NaO19S. The zero-order valence-electron chi connectivity index (χ0n) is 93.6. The smallest absolute Gasteiger partial charge is 0.870 e. The maximum absolute atomic E-state index is 11.6. The first-order chi connectivity index (χ1) is 66.5. The molecule has 22 nitrogen and oxygen atoms in total. The summed E-state index contributed by atoms with van der Waals surface area (Å²) in [6.45, 7) is 63.2. The number of anilines is 1. The van der Waals surface area contributed by atoms with E-state index in [1.807, 2.05) is 39.8 Å². The van der Waals surface area contributed by atoms with Gasteiger partial charge in [0.1, 0.15) is 23.0 Å². The van der Waals surface area contributed by atoms with Crippen molar-refractivity contribution in [3.8, 4) is 17.8 Å². The summed E-state index contributed by atoms with van der Waals surface area (Å²) in [4.78, 5) is 52.1. The molecule has 14 rings (SSSR count). The molecule has 150 heavy (non-hydrogen) atoms. The Kier molecular flexibility index (Phi) is 62.2. The number of aryl methyl sites for hydroxylation is 4. The standard InChI is InChI=1S/C22H28O3.C21H25ClO2.C21H26O3.C15H22.C8H16Cl2.C8H18O2.C7H7ClO3.C7H11N3O3.C4H8O.2CH4.Al.Cl2OS.4ClH.Na.H2O/c1-14-11-17-18(22(4,5)10-9-21(17,2)3)13-15(14)12-16-7-8-19(25-16)20(23)24-6;2*1-13-10-16-17(21(4,5)9-8-20(16,2)3)12-14(13)11-15-6-7-18(24-15)19(22)23;1-11-6-7-12-13(10-11)15(4,5)9-8-14(12,2)3;2*1-7(2,9)5-6-8(3,4)10;1-10-7(9)6-3-2-5(4-8)11-6;1-11-5-4(8)6(12-2)10-7(9-5)13-3;1-2-4-5-3-1;;;;1-4(2)3;;;;;;/h7-8,11,13H,9-10,12H2,1-6H3;6-7,10,12H,8-9,11H2,1-5H3;6-7,10,12H,8-9,11H2,1-5H3,(H,22,23);6-7,10H,8-9H2,1-5H3;5-6H2,1-4H3;9-10H,5-6H2,1-4H3;2-3H,4H2,1H3;8H2,1-3H3;1-4H2;2*1H4;;;4*1H;;1H2/q;;;;;;;;;;;+3;;;;;;+1;/p-4. The van der Waals surface area contributed by atoms with Gasteiger partial charge in [-0.1, -0.05) is 186 Å². The number of aliphatic hydroxyl groups is 2. The number of rotatable bonds is 20. The second-order valence-electron chi connectivity index (χ2n) is 45.3. The number of hydrogen-bond donors (Lipinski definition) is 4. The van der Waals surface area contributed by atoms with Gasteiger partial charge >= 0.3 is 64.9 Å². The van der Waals surface area contributed by atoms with E-state index in [0.717, 1.165) is 37.6 Å². The second kappa shape index (κ2) is 63.5. The van der Waals surface area contributed by atoms with Gasteiger partial charge in [-0.3, -0.25) is 4.79 Å². The van der Waals surface area contributed by atoms with Crippen molar-refractivity contribution in [2.45, 2.75) is 388 Å². The number of hydrogen-bond acceptors (Lipinski definition) is 21. The monoisotopic (exact) mass is 2330 g/mol. The number of carbonyl (C=O) groups is 4. The molecule has 5 aliphatic rings. The number of nitrogens with zero attached hydrogens (tertiary/aromatic N) is 2. The number of carbonyl (C=O) groups excluding carboxylic acids is 3. The van der Waals surface area contributed by atoms with E-state index in [0.29, 0.717) is 54.5 Å². The van der Waals surface area contributed by atoms with Crippen LogP contribution in [0, 0.1) is 27.7 Å². The van der Waals surface area contributed by atoms with E-state index in [1.54, 1.807) is 63.1 Å². The van der Waals surface area contributed by atoms with Gasteiger partial charge in [-0.05, 0) is 354 Å². The molecule has 1 aliphatic heterocycles.